The molecule has 0 unspecified atom stereocenters. The Morgan fingerprint density at radius 2 is 1.92 bits per heavy atom. The zero-order chi connectivity index (χ0) is 18.4. The molecular formula is C16H21F3N2O4. The van der Waals surface area contributed by atoms with Crippen LogP contribution in [0.5, 0.6) is 11.5 Å². The van der Waals surface area contributed by atoms with E-state index in [4.69, 9.17) is 4.74 Å². The molecule has 0 spiro atoms. The number of hydrogen-bond donors (Lipinski definition) is 1. The van der Waals surface area contributed by atoms with E-state index in [1.54, 1.807) is 0 Å². The van der Waals surface area contributed by atoms with Crippen molar-refractivity contribution in [3.05, 3.63) is 27.8 Å². The van der Waals surface area contributed by atoms with Crippen molar-refractivity contribution in [3.63, 3.8) is 0 Å². The van der Waals surface area contributed by atoms with Gasteiger partial charge in [-0.1, -0.05) is 19.3 Å². The zero-order valence-electron chi connectivity index (χ0n) is 13.9. The van der Waals surface area contributed by atoms with Crippen molar-refractivity contribution in [2.75, 3.05) is 13.7 Å². The van der Waals surface area contributed by atoms with Gasteiger partial charge in [0, 0.05) is 18.2 Å². The Kier molecular flexibility index (Phi) is 6.46. The minimum Gasteiger partial charge on any atom is -0.493 e. The monoisotopic (exact) mass is 362 g/mol. The van der Waals surface area contributed by atoms with Crippen LogP contribution in [0.15, 0.2) is 12.1 Å². The highest BCUT2D eigenvalue weighted by atomic mass is 19.4. The van der Waals surface area contributed by atoms with Crippen LogP contribution in [0.3, 0.4) is 0 Å². The summed E-state index contributed by atoms with van der Waals surface area (Å²) in [6.45, 7) is -1.29. The van der Waals surface area contributed by atoms with Crippen LogP contribution in [0, 0.1) is 10.1 Å². The van der Waals surface area contributed by atoms with Crippen LogP contribution in [0.4, 0.5) is 18.9 Å². The molecule has 0 atom stereocenters. The highest BCUT2D eigenvalue weighted by Crippen LogP contribution is 2.36. The molecule has 2 rings (SSSR count). The minimum atomic E-state index is -4.54. The topological polar surface area (TPSA) is 73.6 Å². The number of nitrogens with zero attached hydrogens (tertiary/aromatic N) is 1. The van der Waals surface area contributed by atoms with Crippen LogP contribution in [0.2, 0.25) is 0 Å². The first-order chi connectivity index (χ1) is 11.8. The first-order valence-electron chi connectivity index (χ1n) is 8.08. The Labute approximate surface area is 143 Å². The number of methoxy groups -OCH3 is 1. The molecule has 1 aromatic rings. The highest BCUT2D eigenvalue weighted by molar-refractivity contribution is 5.54. The molecule has 1 fully saturated rings. The summed E-state index contributed by atoms with van der Waals surface area (Å²) in [5.41, 5.74) is 0.0630. The van der Waals surface area contributed by atoms with E-state index >= 15 is 0 Å². The summed E-state index contributed by atoms with van der Waals surface area (Å²) in [5, 5.41) is 14.6. The Morgan fingerprint density at radius 3 is 2.48 bits per heavy atom. The van der Waals surface area contributed by atoms with Gasteiger partial charge < -0.3 is 14.8 Å². The molecule has 9 heteroatoms. The third-order valence-corrected chi connectivity index (χ3v) is 4.14. The van der Waals surface area contributed by atoms with E-state index in [0.29, 0.717) is 11.6 Å². The molecule has 1 saturated carbocycles. The zero-order valence-corrected chi connectivity index (χ0v) is 13.9. The van der Waals surface area contributed by atoms with Crippen molar-refractivity contribution < 1.29 is 27.6 Å². The van der Waals surface area contributed by atoms with Crippen LogP contribution >= 0.6 is 0 Å². The number of nitro groups is 1. The van der Waals surface area contributed by atoms with Gasteiger partial charge in [-0.3, -0.25) is 10.1 Å². The van der Waals surface area contributed by atoms with Gasteiger partial charge in [-0.15, -0.1) is 0 Å². The second-order valence-corrected chi connectivity index (χ2v) is 6.01. The van der Waals surface area contributed by atoms with Crippen LogP contribution in [-0.4, -0.2) is 30.9 Å². The lowest BCUT2D eigenvalue weighted by atomic mass is 9.95. The average Bonchev–Trinajstić information content (AvgIpc) is 2.57. The van der Waals surface area contributed by atoms with Crippen molar-refractivity contribution in [2.45, 2.75) is 50.9 Å². The van der Waals surface area contributed by atoms with E-state index < -0.39 is 17.7 Å². The summed E-state index contributed by atoms with van der Waals surface area (Å²) in [4.78, 5) is 10.7. The Bertz CT molecular complexity index is 602. The molecule has 1 aliphatic carbocycles. The van der Waals surface area contributed by atoms with Crippen molar-refractivity contribution >= 4 is 5.69 Å². The number of ether oxygens (including phenoxy) is 2. The number of alkyl halides is 3. The summed E-state index contributed by atoms with van der Waals surface area (Å²) >= 11 is 0. The van der Waals surface area contributed by atoms with Gasteiger partial charge in [-0.2, -0.15) is 13.2 Å². The number of benzene rings is 1. The molecule has 0 amide bonds. The molecule has 6 nitrogen and oxygen atoms in total. The lowest BCUT2D eigenvalue weighted by molar-refractivity contribution is -0.385. The third-order valence-electron chi connectivity index (χ3n) is 4.14. The largest absolute Gasteiger partial charge is 0.493 e. The van der Waals surface area contributed by atoms with Crippen LogP contribution in [0.25, 0.3) is 0 Å². The summed E-state index contributed by atoms with van der Waals surface area (Å²) < 4.78 is 46.7. The third kappa shape index (κ3) is 5.77. The fraction of sp³-hybridized carbons (Fsp3) is 0.625. The smallest absolute Gasteiger partial charge is 0.422 e. The molecular weight excluding hydrogens is 341 g/mol. The first-order valence-corrected chi connectivity index (χ1v) is 8.08. The van der Waals surface area contributed by atoms with Gasteiger partial charge in [0.2, 0.25) is 0 Å². The fourth-order valence-electron chi connectivity index (χ4n) is 2.90. The van der Waals surface area contributed by atoms with Crippen molar-refractivity contribution in [2.24, 2.45) is 0 Å². The summed E-state index contributed by atoms with van der Waals surface area (Å²) in [7, 11) is 1.28. The lowest BCUT2D eigenvalue weighted by Crippen LogP contribution is -2.30. The molecule has 0 radical (unpaired) electrons. The molecule has 25 heavy (non-hydrogen) atoms. The SMILES string of the molecule is COc1cc(CNC2CCCCC2)c([N+](=O)[O-])cc1OCC(F)(F)F. The lowest BCUT2D eigenvalue weighted by Gasteiger charge is -2.23. The first kappa shape index (κ1) is 19.3. The Hall–Kier alpha value is -2.03. The van der Waals surface area contributed by atoms with Gasteiger partial charge in [-0.25, -0.2) is 0 Å². The van der Waals surface area contributed by atoms with Crippen molar-refractivity contribution in [3.8, 4) is 11.5 Å². The summed E-state index contributed by atoms with van der Waals surface area (Å²) in [6.07, 6.45) is 0.911. The average molecular weight is 362 g/mol. The molecule has 1 N–H and O–H groups in total. The normalized spacial score (nSPS) is 15.8. The maximum Gasteiger partial charge on any atom is 0.422 e. The van der Waals surface area contributed by atoms with Gasteiger partial charge in [0.05, 0.1) is 18.1 Å². The molecule has 140 valence electrons. The number of rotatable bonds is 7. The van der Waals surface area contributed by atoms with Gasteiger partial charge in [-0.05, 0) is 18.9 Å². The van der Waals surface area contributed by atoms with E-state index in [9.17, 15) is 23.3 Å². The Balaban J connectivity index is 2.18. The molecule has 1 aliphatic rings. The van der Waals surface area contributed by atoms with E-state index in [0.717, 1.165) is 31.7 Å². The van der Waals surface area contributed by atoms with Crippen molar-refractivity contribution in [1.82, 2.24) is 5.32 Å². The molecule has 0 aromatic heterocycles. The van der Waals surface area contributed by atoms with Crippen LogP contribution in [-0.2, 0) is 6.54 Å². The minimum absolute atomic E-state index is 0.0373. The van der Waals surface area contributed by atoms with Crippen molar-refractivity contribution in [1.29, 1.82) is 0 Å². The maximum absolute atomic E-state index is 12.3. The Morgan fingerprint density at radius 1 is 1.24 bits per heavy atom. The summed E-state index contributed by atoms with van der Waals surface area (Å²) in [5.74, 6) is -0.261. The van der Waals surface area contributed by atoms with E-state index in [-0.39, 0.29) is 23.7 Å². The number of nitro benzene ring substituents is 1. The maximum atomic E-state index is 12.3. The van der Waals surface area contributed by atoms with Gasteiger partial charge >= 0.3 is 6.18 Å². The fourth-order valence-corrected chi connectivity index (χ4v) is 2.90. The second kappa shape index (κ2) is 8.37. The quantitative estimate of drug-likeness (QED) is 0.587. The van der Waals surface area contributed by atoms with Crippen LogP contribution in [0.1, 0.15) is 37.7 Å². The molecule has 0 heterocycles. The van der Waals surface area contributed by atoms with Crippen LogP contribution < -0.4 is 14.8 Å². The predicted octanol–water partition coefficient (Wildman–Crippen LogP) is 3.97. The number of hydrogen-bond acceptors (Lipinski definition) is 5. The number of halogens is 3. The molecule has 1 aromatic carbocycles. The standard InChI is InChI=1S/C16H21F3N2O4/c1-24-14-7-11(9-20-12-5-3-2-4-6-12)13(21(22)23)8-15(14)25-10-16(17,18)19/h7-8,12,20H,2-6,9-10H2,1H3. The van der Waals surface area contributed by atoms with E-state index in [1.807, 2.05) is 0 Å². The second-order valence-electron chi connectivity index (χ2n) is 6.01. The summed E-state index contributed by atoms with van der Waals surface area (Å²) in [6, 6.07) is 2.64. The predicted molar refractivity (Wildman–Crippen MR) is 84.9 cm³/mol. The van der Waals surface area contributed by atoms with Gasteiger partial charge in [0.25, 0.3) is 5.69 Å². The highest BCUT2D eigenvalue weighted by Gasteiger charge is 2.30. The van der Waals surface area contributed by atoms with Gasteiger partial charge in [0.1, 0.15) is 0 Å². The van der Waals surface area contributed by atoms with E-state index in [1.165, 1.54) is 19.6 Å². The molecule has 0 aliphatic heterocycles. The molecule has 0 bridgehead atoms. The van der Waals surface area contributed by atoms with Gasteiger partial charge in [0.15, 0.2) is 18.1 Å². The number of nitrogens with one attached hydrogen (secondary N) is 1. The van der Waals surface area contributed by atoms with E-state index in [2.05, 4.69) is 10.1 Å². The molecule has 0 saturated heterocycles.